The number of aliphatic carboxylic acids is 1. The van der Waals surface area contributed by atoms with Crippen LogP contribution in [0.3, 0.4) is 0 Å². The maximum atomic E-state index is 11.7. The van der Waals surface area contributed by atoms with Gasteiger partial charge in [-0.1, -0.05) is 36.4 Å². The van der Waals surface area contributed by atoms with Gasteiger partial charge in [0.05, 0.1) is 6.61 Å². The molecule has 0 saturated heterocycles. The van der Waals surface area contributed by atoms with Crippen LogP contribution in [-0.2, 0) is 30.5 Å². The highest BCUT2D eigenvalue weighted by Crippen LogP contribution is 2.03. The van der Waals surface area contributed by atoms with Gasteiger partial charge in [-0.05, 0) is 31.4 Å². The van der Waals surface area contributed by atoms with E-state index in [0.29, 0.717) is 0 Å². The highest BCUT2D eigenvalue weighted by molar-refractivity contribution is 6.38. The van der Waals surface area contributed by atoms with Crippen LogP contribution in [0.2, 0.25) is 0 Å². The molecule has 1 amide bonds. The summed E-state index contributed by atoms with van der Waals surface area (Å²) in [4.78, 5) is 45.4. The van der Waals surface area contributed by atoms with Gasteiger partial charge < -0.3 is 19.9 Å². The third-order valence-corrected chi connectivity index (χ3v) is 3.17. The number of alkyl carbamates (subject to hydrolysis) is 1. The Balaban J connectivity index is 2.41. The molecule has 0 aromatic heterocycles. The van der Waals surface area contributed by atoms with Crippen molar-refractivity contribution in [1.29, 1.82) is 0 Å². The molecular formula is C18H21NO7. The van der Waals surface area contributed by atoms with Crippen LogP contribution < -0.4 is 5.32 Å². The Morgan fingerprint density at radius 2 is 1.85 bits per heavy atom. The third-order valence-electron chi connectivity index (χ3n) is 3.17. The van der Waals surface area contributed by atoms with Crippen LogP contribution in [0.1, 0.15) is 25.3 Å². The zero-order chi connectivity index (χ0) is 19.4. The van der Waals surface area contributed by atoms with Gasteiger partial charge in [0, 0.05) is 0 Å². The number of esters is 1. The molecule has 0 aliphatic rings. The molecule has 8 heteroatoms. The number of benzene rings is 1. The Bertz CT molecular complexity index is 655. The van der Waals surface area contributed by atoms with E-state index in [1.54, 1.807) is 31.2 Å². The lowest BCUT2D eigenvalue weighted by molar-refractivity contribution is -0.151. The Morgan fingerprint density at radius 3 is 2.46 bits per heavy atom. The van der Waals surface area contributed by atoms with Gasteiger partial charge in [-0.15, -0.1) is 0 Å². The summed E-state index contributed by atoms with van der Waals surface area (Å²) in [5, 5.41) is 11.4. The number of ketones is 1. The minimum Gasteiger partial charge on any atom is -0.480 e. The van der Waals surface area contributed by atoms with E-state index in [-0.39, 0.29) is 26.1 Å². The van der Waals surface area contributed by atoms with Crippen molar-refractivity contribution in [3.05, 3.63) is 48.0 Å². The van der Waals surface area contributed by atoms with Gasteiger partial charge in [0.2, 0.25) is 0 Å². The molecule has 2 N–H and O–H groups in total. The van der Waals surface area contributed by atoms with Crippen molar-refractivity contribution in [2.24, 2.45) is 0 Å². The summed E-state index contributed by atoms with van der Waals surface area (Å²) in [6.07, 6.45) is 1.72. The van der Waals surface area contributed by atoms with E-state index < -0.39 is 29.9 Å². The number of hydrogen-bond donors (Lipinski definition) is 2. The first-order valence-corrected chi connectivity index (χ1v) is 8.01. The first-order valence-electron chi connectivity index (χ1n) is 8.01. The summed E-state index contributed by atoms with van der Waals surface area (Å²) in [5.74, 6) is -3.03. The zero-order valence-corrected chi connectivity index (χ0v) is 14.3. The van der Waals surface area contributed by atoms with Gasteiger partial charge in [-0.25, -0.2) is 14.4 Å². The average Bonchev–Trinajstić information content (AvgIpc) is 2.63. The number of rotatable bonds is 10. The van der Waals surface area contributed by atoms with E-state index in [2.05, 4.69) is 10.1 Å². The van der Waals surface area contributed by atoms with Crippen LogP contribution in [-0.4, -0.2) is 41.6 Å². The second kappa shape index (κ2) is 11.4. The lowest BCUT2D eigenvalue weighted by Gasteiger charge is -2.13. The quantitative estimate of drug-likeness (QED) is 0.370. The van der Waals surface area contributed by atoms with Crippen molar-refractivity contribution in [3.8, 4) is 0 Å². The average molecular weight is 363 g/mol. The van der Waals surface area contributed by atoms with Crippen molar-refractivity contribution < 1.29 is 33.8 Å². The molecule has 1 aromatic rings. The van der Waals surface area contributed by atoms with Gasteiger partial charge in [0.15, 0.2) is 0 Å². The summed E-state index contributed by atoms with van der Waals surface area (Å²) in [5.41, 5.74) is 0.773. The van der Waals surface area contributed by atoms with Crippen LogP contribution >= 0.6 is 0 Å². The molecule has 8 nitrogen and oxygen atoms in total. The molecule has 140 valence electrons. The smallest absolute Gasteiger partial charge is 0.408 e. The number of carboxylic acids is 1. The van der Waals surface area contributed by atoms with Crippen molar-refractivity contribution in [1.82, 2.24) is 5.32 Å². The van der Waals surface area contributed by atoms with Crippen molar-refractivity contribution >= 4 is 23.8 Å². The van der Waals surface area contributed by atoms with Gasteiger partial charge in [0.1, 0.15) is 12.6 Å². The second-order valence-electron chi connectivity index (χ2n) is 5.16. The number of ether oxygens (including phenoxy) is 2. The first-order chi connectivity index (χ1) is 12.4. The van der Waals surface area contributed by atoms with Crippen molar-refractivity contribution in [2.45, 2.75) is 32.4 Å². The maximum absolute atomic E-state index is 11.7. The zero-order valence-electron chi connectivity index (χ0n) is 14.3. The Labute approximate surface area is 150 Å². The number of hydrogen-bond acceptors (Lipinski definition) is 6. The molecule has 26 heavy (non-hydrogen) atoms. The third kappa shape index (κ3) is 8.09. The molecule has 1 rings (SSSR count). The van der Waals surface area contributed by atoms with E-state index >= 15 is 0 Å². The van der Waals surface area contributed by atoms with E-state index in [4.69, 9.17) is 9.84 Å². The Morgan fingerprint density at radius 1 is 1.15 bits per heavy atom. The van der Waals surface area contributed by atoms with Crippen molar-refractivity contribution in [2.75, 3.05) is 6.61 Å². The SMILES string of the molecule is CCOC(=O)C(=O)C=CCC[C@H](NC(=O)OCc1ccccc1)C(=O)O. The molecule has 1 atom stereocenters. The minimum absolute atomic E-state index is 0.0208. The molecule has 0 aliphatic heterocycles. The first kappa shape index (κ1) is 20.9. The minimum atomic E-state index is -1.23. The van der Waals surface area contributed by atoms with Crippen LogP contribution in [0.25, 0.3) is 0 Å². The van der Waals surface area contributed by atoms with Crippen molar-refractivity contribution in [3.63, 3.8) is 0 Å². The molecule has 0 unspecified atom stereocenters. The molecule has 0 radical (unpaired) electrons. The highest BCUT2D eigenvalue weighted by atomic mass is 16.5. The number of allylic oxidation sites excluding steroid dienone is 1. The molecule has 0 bridgehead atoms. The van der Waals surface area contributed by atoms with Gasteiger partial charge in [0.25, 0.3) is 5.78 Å². The van der Waals surface area contributed by atoms with Gasteiger partial charge in [-0.3, -0.25) is 4.79 Å². The molecular weight excluding hydrogens is 342 g/mol. The van der Waals surface area contributed by atoms with Gasteiger partial charge in [-0.2, -0.15) is 0 Å². The molecule has 0 saturated carbocycles. The topological polar surface area (TPSA) is 119 Å². The molecule has 1 aromatic carbocycles. The van der Waals surface area contributed by atoms with Crippen LogP contribution in [0.5, 0.6) is 0 Å². The monoisotopic (exact) mass is 363 g/mol. The summed E-state index contributed by atoms with van der Waals surface area (Å²) in [6, 6.07) is 7.77. The number of carbonyl (C=O) groups is 4. The lowest BCUT2D eigenvalue weighted by Crippen LogP contribution is -2.40. The van der Waals surface area contributed by atoms with E-state index in [9.17, 15) is 19.2 Å². The summed E-state index contributed by atoms with van der Waals surface area (Å²) in [6.45, 7) is 1.69. The van der Waals surface area contributed by atoms with Crippen LogP contribution in [0.15, 0.2) is 42.5 Å². The number of nitrogens with one attached hydrogen (secondary N) is 1. The fourth-order valence-corrected chi connectivity index (χ4v) is 1.89. The lowest BCUT2D eigenvalue weighted by atomic mass is 10.1. The Hall–Kier alpha value is -3.16. The van der Waals surface area contributed by atoms with Crippen LogP contribution in [0.4, 0.5) is 4.79 Å². The predicted octanol–water partition coefficient (Wildman–Crippen LogP) is 1.83. The Kier molecular flexibility index (Phi) is 9.16. The number of amides is 1. The molecule has 0 aliphatic carbocycles. The highest BCUT2D eigenvalue weighted by Gasteiger charge is 2.20. The predicted molar refractivity (Wildman–Crippen MR) is 91.2 cm³/mol. The number of carboxylic acid groups (broad SMARTS) is 1. The number of carbonyl (C=O) groups excluding carboxylic acids is 3. The molecule has 0 spiro atoms. The fourth-order valence-electron chi connectivity index (χ4n) is 1.89. The van der Waals surface area contributed by atoms with E-state index in [1.807, 2.05) is 6.07 Å². The molecule has 0 heterocycles. The summed E-state index contributed by atoms with van der Waals surface area (Å²) in [7, 11) is 0. The second-order valence-corrected chi connectivity index (χ2v) is 5.16. The summed E-state index contributed by atoms with van der Waals surface area (Å²) < 4.78 is 9.49. The normalized spacial score (nSPS) is 11.6. The fraction of sp³-hybridized carbons (Fsp3) is 0.333. The largest absolute Gasteiger partial charge is 0.480 e. The molecule has 0 fully saturated rings. The van der Waals surface area contributed by atoms with Crippen LogP contribution in [0, 0.1) is 0 Å². The summed E-state index contributed by atoms with van der Waals surface area (Å²) >= 11 is 0. The van der Waals surface area contributed by atoms with Gasteiger partial charge >= 0.3 is 18.0 Å². The van der Waals surface area contributed by atoms with E-state index in [1.165, 1.54) is 6.08 Å². The maximum Gasteiger partial charge on any atom is 0.408 e. The standard InChI is InChI=1S/C18H21NO7/c1-2-25-17(23)15(20)11-7-6-10-14(16(21)22)19-18(24)26-12-13-8-4-3-5-9-13/h3-5,7-9,11,14H,2,6,10,12H2,1H3,(H,19,24)(H,21,22)/t14-/m0/s1. The van der Waals surface area contributed by atoms with E-state index in [0.717, 1.165) is 11.6 Å².